The van der Waals surface area contributed by atoms with E-state index in [1.807, 2.05) is 0 Å². The Bertz CT molecular complexity index is 1140. The molecule has 31 heavy (non-hydrogen) atoms. The second kappa shape index (κ2) is 8.43. The maximum atomic E-state index is 12.9. The Labute approximate surface area is 176 Å². The molecule has 166 valence electrons. The van der Waals surface area contributed by atoms with Gasteiger partial charge in [-0.2, -0.15) is 26.9 Å². The smallest absolute Gasteiger partial charge is 0.465 e. The van der Waals surface area contributed by atoms with E-state index < -0.39 is 38.5 Å². The molecule has 0 saturated heterocycles. The van der Waals surface area contributed by atoms with Gasteiger partial charge in [0.1, 0.15) is 17.0 Å². The first kappa shape index (κ1) is 23.9. The summed E-state index contributed by atoms with van der Waals surface area (Å²) in [7, 11) is -6.13. The van der Waals surface area contributed by atoms with Crippen LogP contribution in [0, 0.1) is 11.3 Å². The highest BCUT2D eigenvalue weighted by molar-refractivity contribution is 7.87. The van der Waals surface area contributed by atoms with Crippen molar-refractivity contribution < 1.29 is 35.3 Å². The largest absolute Gasteiger partial charge is 0.534 e. The predicted octanol–water partition coefficient (Wildman–Crippen LogP) is 3.27. The third-order valence-electron chi connectivity index (χ3n) is 4.22. The second-order valence-electron chi connectivity index (χ2n) is 6.80. The molecule has 0 radical (unpaired) electrons. The molecule has 8 nitrogen and oxygen atoms in total. The molecule has 0 atom stereocenters. The van der Waals surface area contributed by atoms with Crippen molar-refractivity contribution in [1.82, 2.24) is 4.98 Å². The normalized spacial score (nSPS) is 12.2. The molecule has 0 fully saturated rings. The summed E-state index contributed by atoms with van der Waals surface area (Å²) >= 11 is 0. The number of carbonyl (C=O) groups excluding carboxylic acids is 1. The number of nitrogens with two attached hydrogens (primary N) is 1. The molecule has 2 aromatic rings. The molecule has 0 aliphatic carbocycles. The summed E-state index contributed by atoms with van der Waals surface area (Å²) in [6.07, 6.45) is 0. The standard InChI is InChI=1S/C19H18F3N3O5S/c1-4-29-17(26)18(2,3)15-9-13(11-5-7-12(24)8-6-11)14(10-23)16(25-15)30-31(27,28)19(20,21)22/h5-9H,4,24H2,1-3H3. The van der Waals surface area contributed by atoms with Gasteiger partial charge in [-0.05, 0) is 44.5 Å². The zero-order valence-corrected chi connectivity index (χ0v) is 17.5. The predicted molar refractivity (Wildman–Crippen MR) is 104 cm³/mol. The van der Waals surface area contributed by atoms with Gasteiger partial charge >= 0.3 is 21.6 Å². The third-order valence-corrected chi connectivity index (χ3v) is 5.16. The van der Waals surface area contributed by atoms with Gasteiger partial charge in [0.25, 0.3) is 5.88 Å². The van der Waals surface area contributed by atoms with Crippen LogP contribution in [-0.2, 0) is 25.1 Å². The molecule has 1 aromatic carbocycles. The summed E-state index contributed by atoms with van der Waals surface area (Å²) in [5, 5.41) is 9.54. The lowest BCUT2D eigenvalue weighted by Gasteiger charge is -2.23. The number of nitrogens with zero attached hydrogens (tertiary/aromatic N) is 2. The van der Waals surface area contributed by atoms with Gasteiger partial charge in [0.05, 0.1) is 12.3 Å². The quantitative estimate of drug-likeness (QED) is 0.302. The SMILES string of the molecule is CCOC(=O)C(C)(C)c1cc(-c2ccc(N)cc2)c(C#N)c(OS(=O)(=O)C(F)(F)F)n1. The minimum Gasteiger partial charge on any atom is -0.465 e. The van der Waals surface area contributed by atoms with Crippen molar-refractivity contribution in [3.05, 3.63) is 41.6 Å². The van der Waals surface area contributed by atoms with Crippen LogP contribution in [0.5, 0.6) is 5.88 Å². The Morgan fingerprint density at radius 3 is 2.29 bits per heavy atom. The van der Waals surface area contributed by atoms with Crippen molar-refractivity contribution in [2.75, 3.05) is 12.3 Å². The van der Waals surface area contributed by atoms with E-state index in [0.717, 1.165) is 0 Å². The number of carbonyl (C=O) groups is 1. The molecule has 2 rings (SSSR count). The first-order valence-electron chi connectivity index (χ1n) is 8.74. The number of rotatable bonds is 6. The van der Waals surface area contributed by atoms with Crippen molar-refractivity contribution in [1.29, 1.82) is 5.26 Å². The lowest BCUT2D eigenvalue weighted by atomic mass is 9.86. The first-order chi connectivity index (χ1) is 14.2. The van der Waals surface area contributed by atoms with Crippen LogP contribution in [0.25, 0.3) is 11.1 Å². The van der Waals surface area contributed by atoms with Crippen molar-refractivity contribution in [3.63, 3.8) is 0 Å². The van der Waals surface area contributed by atoms with Gasteiger partial charge in [0, 0.05) is 11.3 Å². The Hall–Kier alpha value is -3.33. The van der Waals surface area contributed by atoms with E-state index in [0.29, 0.717) is 11.3 Å². The number of nitrogen functional groups attached to an aromatic ring is 1. The van der Waals surface area contributed by atoms with Crippen molar-refractivity contribution >= 4 is 21.8 Å². The lowest BCUT2D eigenvalue weighted by molar-refractivity contribution is -0.148. The van der Waals surface area contributed by atoms with E-state index in [-0.39, 0.29) is 17.9 Å². The molecule has 0 amide bonds. The van der Waals surface area contributed by atoms with Gasteiger partial charge in [-0.15, -0.1) is 0 Å². The van der Waals surface area contributed by atoms with Crippen LogP contribution in [0.2, 0.25) is 0 Å². The fourth-order valence-electron chi connectivity index (χ4n) is 2.47. The Morgan fingerprint density at radius 1 is 1.23 bits per heavy atom. The van der Waals surface area contributed by atoms with Crippen LogP contribution in [-0.4, -0.2) is 31.5 Å². The number of halogens is 3. The van der Waals surface area contributed by atoms with Gasteiger partial charge in [-0.25, -0.2) is 4.98 Å². The number of ether oxygens (including phenoxy) is 1. The van der Waals surface area contributed by atoms with E-state index in [1.165, 1.54) is 44.2 Å². The average molecular weight is 457 g/mol. The highest BCUT2D eigenvalue weighted by Crippen LogP contribution is 2.37. The summed E-state index contributed by atoms with van der Waals surface area (Å²) in [4.78, 5) is 16.2. The van der Waals surface area contributed by atoms with Crippen LogP contribution in [0.3, 0.4) is 0 Å². The minimum absolute atomic E-state index is 0.00255. The fourth-order valence-corrected chi connectivity index (χ4v) is 2.89. The number of hydrogen-bond acceptors (Lipinski definition) is 8. The monoisotopic (exact) mass is 457 g/mol. The van der Waals surface area contributed by atoms with Gasteiger partial charge in [0.2, 0.25) is 0 Å². The van der Waals surface area contributed by atoms with Crippen LogP contribution >= 0.6 is 0 Å². The zero-order valence-electron chi connectivity index (χ0n) is 16.6. The van der Waals surface area contributed by atoms with Gasteiger partial charge in [-0.3, -0.25) is 4.79 Å². The summed E-state index contributed by atoms with van der Waals surface area (Å²) in [6.45, 7) is 4.35. The van der Waals surface area contributed by atoms with Crippen LogP contribution in [0.15, 0.2) is 30.3 Å². The molecule has 12 heteroatoms. The number of nitriles is 1. The third kappa shape index (κ3) is 4.88. The molecule has 0 aliphatic heterocycles. The molecule has 0 saturated carbocycles. The molecule has 0 bridgehead atoms. The summed E-state index contributed by atoms with van der Waals surface area (Å²) in [6, 6.07) is 8.78. The van der Waals surface area contributed by atoms with Crippen molar-refractivity contribution in [2.24, 2.45) is 0 Å². The van der Waals surface area contributed by atoms with E-state index in [1.54, 1.807) is 13.0 Å². The topological polar surface area (TPSA) is 132 Å². The number of hydrogen-bond donors (Lipinski definition) is 1. The summed E-state index contributed by atoms with van der Waals surface area (Å²) < 4.78 is 70.9. The number of esters is 1. The maximum absolute atomic E-state index is 12.9. The van der Waals surface area contributed by atoms with Crippen LogP contribution in [0.4, 0.5) is 18.9 Å². The number of aromatic nitrogens is 1. The van der Waals surface area contributed by atoms with Gasteiger partial charge in [-0.1, -0.05) is 12.1 Å². The first-order valence-corrected chi connectivity index (χ1v) is 10.1. The Morgan fingerprint density at radius 2 is 1.81 bits per heavy atom. The fraction of sp³-hybridized carbons (Fsp3) is 0.316. The maximum Gasteiger partial charge on any atom is 0.534 e. The van der Waals surface area contributed by atoms with E-state index in [4.69, 9.17) is 10.5 Å². The molecular formula is C19H18F3N3O5S. The molecule has 0 unspecified atom stereocenters. The Balaban J connectivity index is 2.82. The summed E-state index contributed by atoms with van der Waals surface area (Å²) in [5.41, 5.74) is -1.67. The molecule has 2 N–H and O–H groups in total. The van der Waals surface area contributed by atoms with Gasteiger partial charge in [0.15, 0.2) is 0 Å². The van der Waals surface area contributed by atoms with Crippen molar-refractivity contribution in [3.8, 4) is 23.1 Å². The number of benzene rings is 1. The highest BCUT2D eigenvalue weighted by atomic mass is 32.2. The average Bonchev–Trinajstić information content (AvgIpc) is 2.67. The van der Waals surface area contributed by atoms with E-state index >= 15 is 0 Å². The highest BCUT2D eigenvalue weighted by Gasteiger charge is 2.49. The summed E-state index contributed by atoms with van der Waals surface area (Å²) in [5.74, 6) is -1.87. The zero-order chi connectivity index (χ0) is 23.6. The van der Waals surface area contributed by atoms with Gasteiger partial charge < -0.3 is 14.7 Å². The number of alkyl halides is 3. The molecule has 0 aliphatic rings. The van der Waals surface area contributed by atoms with Crippen LogP contribution < -0.4 is 9.92 Å². The molecule has 1 aromatic heterocycles. The van der Waals surface area contributed by atoms with Crippen LogP contribution in [0.1, 0.15) is 32.0 Å². The lowest BCUT2D eigenvalue weighted by Crippen LogP contribution is -2.33. The van der Waals surface area contributed by atoms with E-state index in [9.17, 15) is 31.6 Å². The van der Waals surface area contributed by atoms with Crippen molar-refractivity contribution in [2.45, 2.75) is 31.7 Å². The van der Waals surface area contributed by atoms with E-state index in [2.05, 4.69) is 9.17 Å². The molecule has 1 heterocycles. The molecule has 0 spiro atoms. The number of pyridine rings is 1. The second-order valence-corrected chi connectivity index (χ2v) is 8.34. The Kier molecular flexibility index (Phi) is 6.51. The minimum atomic E-state index is -6.13. The number of anilines is 1. The molecular weight excluding hydrogens is 439 g/mol.